The van der Waals surface area contributed by atoms with Crippen molar-refractivity contribution in [1.29, 1.82) is 0 Å². The zero-order valence-corrected chi connectivity index (χ0v) is 14.3. The third-order valence-corrected chi connectivity index (χ3v) is 5.29. The molecule has 124 valence electrons. The second-order valence-electron chi connectivity index (χ2n) is 6.29. The van der Waals surface area contributed by atoms with Gasteiger partial charge in [-0.1, -0.05) is 13.8 Å². The number of hydrogen-bond donors (Lipinski definition) is 2. The molecule has 0 aliphatic carbocycles. The first-order valence-corrected chi connectivity index (χ1v) is 9.35. The molecule has 1 aliphatic rings. The number of rotatable bonds is 6. The monoisotopic (exact) mass is 326 g/mol. The predicted molar refractivity (Wildman–Crippen MR) is 87.6 cm³/mol. The third-order valence-electron chi connectivity index (χ3n) is 3.79. The van der Waals surface area contributed by atoms with Crippen molar-refractivity contribution in [2.24, 2.45) is 5.92 Å². The molecule has 1 saturated heterocycles. The fraction of sp³-hybridized carbons (Fsp3) is 0.625. The summed E-state index contributed by atoms with van der Waals surface area (Å²) in [5, 5.41) is 3.30. The van der Waals surface area contributed by atoms with Gasteiger partial charge in [0.25, 0.3) is 0 Å². The van der Waals surface area contributed by atoms with Crippen molar-refractivity contribution in [2.75, 3.05) is 13.2 Å². The van der Waals surface area contributed by atoms with E-state index in [0.717, 1.165) is 19.4 Å². The van der Waals surface area contributed by atoms with Crippen LogP contribution in [0.5, 0.6) is 5.75 Å². The first-order chi connectivity index (χ1) is 10.4. The molecule has 0 amide bonds. The van der Waals surface area contributed by atoms with Gasteiger partial charge in [-0.15, -0.1) is 0 Å². The summed E-state index contributed by atoms with van der Waals surface area (Å²) in [4.78, 5) is 0.280. The maximum Gasteiger partial charge on any atom is 0.240 e. The SMILES string of the molecule is CC(C)COc1ccc(S(=O)(=O)NC2CCCNC2C)cc1. The largest absolute Gasteiger partial charge is 0.493 e. The minimum Gasteiger partial charge on any atom is -0.493 e. The molecule has 6 heteroatoms. The molecule has 0 spiro atoms. The van der Waals surface area contributed by atoms with Gasteiger partial charge in [0.2, 0.25) is 10.0 Å². The van der Waals surface area contributed by atoms with Crippen LogP contribution in [0.3, 0.4) is 0 Å². The van der Waals surface area contributed by atoms with Crippen LogP contribution in [0.1, 0.15) is 33.6 Å². The van der Waals surface area contributed by atoms with Crippen molar-refractivity contribution < 1.29 is 13.2 Å². The van der Waals surface area contributed by atoms with E-state index < -0.39 is 10.0 Å². The summed E-state index contributed by atoms with van der Waals surface area (Å²) in [7, 11) is -3.49. The highest BCUT2D eigenvalue weighted by Crippen LogP contribution is 2.18. The van der Waals surface area contributed by atoms with Crippen LogP contribution in [-0.2, 0) is 10.0 Å². The molecule has 1 heterocycles. The van der Waals surface area contributed by atoms with E-state index in [2.05, 4.69) is 23.9 Å². The van der Waals surface area contributed by atoms with Gasteiger partial charge in [-0.3, -0.25) is 0 Å². The van der Waals surface area contributed by atoms with Crippen LogP contribution in [0.4, 0.5) is 0 Å². The van der Waals surface area contributed by atoms with Crippen LogP contribution in [0, 0.1) is 5.92 Å². The standard InChI is InChI=1S/C16H26N2O3S/c1-12(2)11-21-14-6-8-15(9-7-14)22(19,20)18-16-5-4-10-17-13(16)3/h6-9,12-13,16-18H,4-5,10-11H2,1-3H3. The number of hydrogen-bond acceptors (Lipinski definition) is 4. The summed E-state index contributed by atoms with van der Waals surface area (Å²) in [5.41, 5.74) is 0. The maximum atomic E-state index is 12.4. The first-order valence-electron chi connectivity index (χ1n) is 7.87. The topological polar surface area (TPSA) is 67.4 Å². The van der Waals surface area contributed by atoms with Gasteiger partial charge in [0.15, 0.2) is 0 Å². The van der Waals surface area contributed by atoms with Crippen molar-refractivity contribution in [1.82, 2.24) is 10.0 Å². The first kappa shape index (κ1) is 17.2. The van der Waals surface area contributed by atoms with Crippen LogP contribution >= 0.6 is 0 Å². The number of sulfonamides is 1. The molecule has 2 unspecified atom stereocenters. The average Bonchev–Trinajstić information content (AvgIpc) is 2.48. The van der Waals surface area contributed by atoms with Gasteiger partial charge in [-0.25, -0.2) is 13.1 Å². The summed E-state index contributed by atoms with van der Waals surface area (Å²) < 4.78 is 33.3. The molecular weight excluding hydrogens is 300 g/mol. The Morgan fingerprint density at radius 2 is 2.00 bits per heavy atom. The predicted octanol–water partition coefficient (Wildman–Crippen LogP) is 2.14. The Morgan fingerprint density at radius 3 is 2.59 bits per heavy atom. The van der Waals surface area contributed by atoms with Gasteiger partial charge < -0.3 is 10.1 Å². The van der Waals surface area contributed by atoms with Crippen LogP contribution in [-0.4, -0.2) is 33.7 Å². The lowest BCUT2D eigenvalue weighted by molar-refractivity contribution is 0.271. The number of ether oxygens (including phenoxy) is 1. The quantitative estimate of drug-likeness (QED) is 0.840. The highest BCUT2D eigenvalue weighted by molar-refractivity contribution is 7.89. The van der Waals surface area contributed by atoms with E-state index in [1.54, 1.807) is 24.3 Å². The molecule has 22 heavy (non-hydrogen) atoms. The van der Waals surface area contributed by atoms with E-state index in [-0.39, 0.29) is 17.0 Å². The Balaban J connectivity index is 2.02. The zero-order chi connectivity index (χ0) is 16.2. The molecule has 1 aromatic rings. The van der Waals surface area contributed by atoms with Crippen molar-refractivity contribution in [2.45, 2.75) is 50.6 Å². The van der Waals surface area contributed by atoms with Crippen LogP contribution in [0.2, 0.25) is 0 Å². The Kier molecular flexibility index (Phi) is 5.83. The Bertz CT molecular complexity index is 570. The van der Waals surface area contributed by atoms with Gasteiger partial charge >= 0.3 is 0 Å². The second kappa shape index (κ2) is 7.44. The minimum atomic E-state index is -3.49. The fourth-order valence-electron chi connectivity index (χ4n) is 2.45. The average molecular weight is 326 g/mol. The van der Waals surface area contributed by atoms with Crippen LogP contribution < -0.4 is 14.8 Å². The van der Waals surface area contributed by atoms with Crippen LogP contribution in [0.15, 0.2) is 29.2 Å². The summed E-state index contributed by atoms with van der Waals surface area (Å²) in [5.74, 6) is 1.13. The lowest BCUT2D eigenvalue weighted by atomic mass is 10.0. The number of benzene rings is 1. The van der Waals surface area contributed by atoms with E-state index in [4.69, 9.17) is 4.74 Å². The Morgan fingerprint density at radius 1 is 1.32 bits per heavy atom. The third kappa shape index (κ3) is 4.69. The lowest BCUT2D eigenvalue weighted by Gasteiger charge is -2.30. The van der Waals surface area contributed by atoms with E-state index in [0.29, 0.717) is 18.3 Å². The summed E-state index contributed by atoms with van der Waals surface area (Å²) in [6, 6.07) is 6.70. The molecule has 0 bridgehead atoms. The van der Waals surface area contributed by atoms with Crippen molar-refractivity contribution in [3.05, 3.63) is 24.3 Å². The highest BCUT2D eigenvalue weighted by Gasteiger charge is 2.26. The summed E-state index contributed by atoms with van der Waals surface area (Å²) >= 11 is 0. The van der Waals surface area contributed by atoms with Crippen molar-refractivity contribution in [3.8, 4) is 5.75 Å². The molecule has 0 aromatic heterocycles. The molecule has 1 aliphatic heterocycles. The summed E-state index contributed by atoms with van der Waals surface area (Å²) in [6.45, 7) is 7.72. The normalized spacial score (nSPS) is 22.7. The molecular formula is C16H26N2O3S. The van der Waals surface area contributed by atoms with Crippen LogP contribution in [0.25, 0.3) is 0 Å². The fourth-order valence-corrected chi connectivity index (χ4v) is 3.80. The minimum absolute atomic E-state index is 0.0596. The number of nitrogens with one attached hydrogen (secondary N) is 2. The second-order valence-corrected chi connectivity index (χ2v) is 8.00. The number of piperidine rings is 1. The van der Waals surface area contributed by atoms with Gasteiger partial charge in [0.1, 0.15) is 5.75 Å². The Hall–Kier alpha value is -1.11. The zero-order valence-electron chi connectivity index (χ0n) is 13.5. The highest BCUT2D eigenvalue weighted by atomic mass is 32.2. The van der Waals surface area contributed by atoms with Gasteiger partial charge in [0, 0.05) is 12.1 Å². The molecule has 5 nitrogen and oxygen atoms in total. The molecule has 1 fully saturated rings. The van der Waals surface area contributed by atoms with Gasteiger partial charge in [0.05, 0.1) is 11.5 Å². The van der Waals surface area contributed by atoms with E-state index in [1.807, 2.05) is 6.92 Å². The maximum absolute atomic E-state index is 12.4. The molecule has 2 atom stereocenters. The van der Waals surface area contributed by atoms with E-state index in [1.165, 1.54) is 0 Å². The van der Waals surface area contributed by atoms with E-state index >= 15 is 0 Å². The van der Waals surface area contributed by atoms with Gasteiger partial charge in [-0.05, 0) is 56.5 Å². The van der Waals surface area contributed by atoms with Crippen molar-refractivity contribution >= 4 is 10.0 Å². The molecule has 2 rings (SSSR count). The van der Waals surface area contributed by atoms with Crippen molar-refractivity contribution in [3.63, 3.8) is 0 Å². The molecule has 0 radical (unpaired) electrons. The molecule has 0 saturated carbocycles. The molecule has 1 aromatic carbocycles. The van der Waals surface area contributed by atoms with Gasteiger partial charge in [-0.2, -0.15) is 0 Å². The molecule has 2 N–H and O–H groups in total. The van der Waals surface area contributed by atoms with E-state index in [9.17, 15) is 8.42 Å². The lowest BCUT2D eigenvalue weighted by Crippen LogP contribution is -2.51. The summed E-state index contributed by atoms with van der Waals surface area (Å²) in [6.07, 6.45) is 1.85. The Labute approximate surface area is 133 Å². The smallest absolute Gasteiger partial charge is 0.240 e.